The number of hydrogen-bond donors (Lipinski definition) is 4. The molecule has 1 amide bonds. The molecule has 1 heterocycles. The molecule has 1 aromatic heterocycles. The molecule has 1 aromatic carbocycles. The summed E-state index contributed by atoms with van der Waals surface area (Å²) in [4.78, 5) is 37.8. The van der Waals surface area contributed by atoms with Gasteiger partial charge in [-0.05, 0) is 24.3 Å². The molecule has 2 aromatic rings. The Morgan fingerprint density at radius 3 is 2.52 bits per heavy atom. The van der Waals surface area contributed by atoms with Crippen molar-refractivity contribution in [1.82, 2.24) is 15.4 Å². The predicted molar refractivity (Wildman–Crippen MR) is 75.9 cm³/mol. The van der Waals surface area contributed by atoms with Crippen LogP contribution in [-0.4, -0.2) is 27.2 Å². The molecular weight excluding hydrogens is 300 g/mol. The normalized spacial score (nSPS) is 10.7. The van der Waals surface area contributed by atoms with Gasteiger partial charge in [-0.3, -0.25) is 19.6 Å². The summed E-state index contributed by atoms with van der Waals surface area (Å²) in [7, 11) is 0. The van der Waals surface area contributed by atoms with E-state index in [1.165, 1.54) is 12.1 Å². The number of aromatic hydroxyl groups is 1. The summed E-state index contributed by atoms with van der Waals surface area (Å²) in [6.45, 7) is 0. The quantitative estimate of drug-likeness (QED) is 0.476. The Morgan fingerprint density at radius 1 is 1.24 bits per heavy atom. The van der Waals surface area contributed by atoms with Crippen molar-refractivity contribution in [3.8, 4) is 5.88 Å². The molecule has 0 aliphatic rings. The molecule has 0 atom stereocenters. The highest BCUT2D eigenvalue weighted by atomic mass is 35.5. The molecule has 9 heteroatoms. The van der Waals surface area contributed by atoms with Crippen LogP contribution >= 0.6 is 11.6 Å². The van der Waals surface area contributed by atoms with E-state index in [0.29, 0.717) is 10.6 Å². The third kappa shape index (κ3) is 3.57. The molecule has 108 valence electrons. The van der Waals surface area contributed by atoms with E-state index in [-0.39, 0.29) is 5.56 Å². The number of nitrogens with one attached hydrogen (secondary N) is 3. The fraction of sp³-hybridized carbons (Fsp3) is 0. The summed E-state index contributed by atoms with van der Waals surface area (Å²) in [5, 5.41) is 13.4. The van der Waals surface area contributed by atoms with Gasteiger partial charge in [0, 0.05) is 10.6 Å². The first-order chi connectivity index (χ1) is 9.97. The molecule has 0 radical (unpaired) electrons. The Morgan fingerprint density at radius 2 is 1.90 bits per heavy atom. The van der Waals surface area contributed by atoms with Crippen LogP contribution in [0.1, 0.15) is 15.9 Å². The Bertz CT molecular complexity index is 807. The van der Waals surface area contributed by atoms with Gasteiger partial charge in [-0.15, -0.1) is 0 Å². The Balaban J connectivity index is 2.13. The van der Waals surface area contributed by atoms with Crippen LogP contribution in [0.4, 0.5) is 0 Å². The van der Waals surface area contributed by atoms with E-state index in [0.717, 1.165) is 6.21 Å². The van der Waals surface area contributed by atoms with Crippen molar-refractivity contribution >= 4 is 23.7 Å². The number of benzene rings is 1. The lowest BCUT2D eigenvalue weighted by molar-refractivity contribution is 0.0955. The number of nitrogens with zero attached hydrogens (tertiary/aromatic N) is 1. The average Bonchev–Trinajstić information content (AvgIpc) is 2.42. The van der Waals surface area contributed by atoms with E-state index in [4.69, 9.17) is 11.6 Å². The SMILES string of the molecule is O=C(N/N=C/c1c(O)[nH]c(=O)[nH]c1=O)c1ccc(Cl)cc1. The van der Waals surface area contributed by atoms with Gasteiger partial charge < -0.3 is 5.11 Å². The number of rotatable bonds is 3. The van der Waals surface area contributed by atoms with Crippen molar-refractivity contribution in [2.45, 2.75) is 0 Å². The van der Waals surface area contributed by atoms with E-state index in [1.54, 1.807) is 12.1 Å². The molecule has 0 fully saturated rings. The predicted octanol–water partition coefficient (Wildman–Crippen LogP) is 0.186. The number of carbonyl (C=O) groups is 1. The minimum Gasteiger partial charge on any atom is -0.494 e. The highest BCUT2D eigenvalue weighted by molar-refractivity contribution is 6.30. The standard InChI is InChI=1S/C12H9ClN4O4/c13-7-3-1-6(2-4-7)9(18)17-14-5-8-10(19)15-12(21)16-11(8)20/h1-5H,(H,17,18)(H3,15,16,19,20,21)/b14-5+. The van der Waals surface area contributed by atoms with Crippen LogP contribution in [0.5, 0.6) is 5.88 Å². The minimum absolute atomic E-state index is 0.286. The Kier molecular flexibility index (Phi) is 4.19. The number of halogens is 1. The topological polar surface area (TPSA) is 127 Å². The van der Waals surface area contributed by atoms with Gasteiger partial charge in [0.25, 0.3) is 11.5 Å². The smallest absolute Gasteiger partial charge is 0.328 e. The first-order valence-corrected chi connectivity index (χ1v) is 5.99. The molecule has 0 spiro atoms. The van der Waals surface area contributed by atoms with E-state index in [1.807, 2.05) is 9.97 Å². The van der Waals surface area contributed by atoms with Gasteiger partial charge in [0.2, 0.25) is 5.88 Å². The summed E-state index contributed by atoms with van der Waals surface area (Å²) in [6, 6.07) is 6.08. The first kappa shape index (κ1) is 14.5. The maximum Gasteiger partial charge on any atom is 0.328 e. The maximum atomic E-state index is 11.7. The minimum atomic E-state index is -0.847. The maximum absolute atomic E-state index is 11.7. The molecule has 21 heavy (non-hydrogen) atoms. The number of hydrazone groups is 1. The van der Waals surface area contributed by atoms with Crippen LogP contribution in [0.25, 0.3) is 0 Å². The van der Waals surface area contributed by atoms with Gasteiger partial charge >= 0.3 is 5.69 Å². The molecule has 2 rings (SSSR count). The highest BCUT2D eigenvalue weighted by Crippen LogP contribution is 2.09. The fourth-order valence-corrected chi connectivity index (χ4v) is 1.55. The van der Waals surface area contributed by atoms with Crippen molar-refractivity contribution in [2.75, 3.05) is 0 Å². The molecule has 0 saturated carbocycles. The Hall–Kier alpha value is -2.87. The second-order valence-electron chi connectivity index (χ2n) is 3.88. The van der Waals surface area contributed by atoms with Crippen LogP contribution in [0.15, 0.2) is 39.0 Å². The zero-order chi connectivity index (χ0) is 15.4. The van der Waals surface area contributed by atoms with Crippen LogP contribution in [0.2, 0.25) is 5.02 Å². The van der Waals surface area contributed by atoms with Gasteiger partial charge in [0.05, 0.1) is 6.21 Å². The molecule has 0 bridgehead atoms. The van der Waals surface area contributed by atoms with Gasteiger partial charge in [-0.2, -0.15) is 5.10 Å². The molecule has 0 saturated heterocycles. The third-order valence-corrected chi connectivity index (χ3v) is 2.68. The molecular formula is C12H9ClN4O4. The zero-order valence-corrected chi connectivity index (χ0v) is 11.1. The van der Waals surface area contributed by atoms with Gasteiger partial charge in [0.15, 0.2) is 0 Å². The summed E-state index contributed by atoms with van der Waals surface area (Å²) in [5.74, 6) is -1.17. The summed E-state index contributed by atoms with van der Waals surface area (Å²) in [6.07, 6.45) is 0.915. The van der Waals surface area contributed by atoms with Gasteiger partial charge in [-0.25, -0.2) is 10.2 Å². The number of carbonyl (C=O) groups excluding carboxylic acids is 1. The van der Waals surface area contributed by atoms with E-state index >= 15 is 0 Å². The first-order valence-electron chi connectivity index (χ1n) is 5.62. The van der Waals surface area contributed by atoms with Gasteiger partial charge in [0.1, 0.15) is 5.56 Å². The molecule has 0 unspecified atom stereocenters. The van der Waals surface area contributed by atoms with Gasteiger partial charge in [-0.1, -0.05) is 11.6 Å². The van der Waals surface area contributed by atoms with Crippen LogP contribution < -0.4 is 16.7 Å². The second kappa shape index (κ2) is 6.06. The second-order valence-corrected chi connectivity index (χ2v) is 4.31. The lowest BCUT2D eigenvalue weighted by atomic mass is 10.2. The van der Waals surface area contributed by atoms with Crippen LogP contribution in [0.3, 0.4) is 0 Å². The Labute approximate surface area is 122 Å². The lowest BCUT2D eigenvalue weighted by Crippen LogP contribution is -2.25. The molecule has 8 nitrogen and oxygen atoms in total. The van der Waals surface area contributed by atoms with Crippen molar-refractivity contribution in [1.29, 1.82) is 0 Å². The number of aromatic amines is 2. The number of aromatic nitrogens is 2. The van der Waals surface area contributed by atoms with Crippen molar-refractivity contribution in [3.63, 3.8) is 0 Å². The summed E-state index contributed by atoms with van der Waals surface area (Å²) in [5.41, 5.74) is 0.517. The van der Waals surface area contributed by atoms with E-state index in [2.05, 4.69) is 10.5 Å². The number of hydrogen-bond acceptors (Lipinski definition) is 5. The van der Waals surface area contributed by atoms with Crippen LogP contribution in [-0.2, 0) is 0 Å². The molecule has 4 N–H and O–H groups in total. The van der Waals surface area contributed by atoms with Crippen LogP contribution in [0, 0.1) is 0 Å². The highest BCUT2D eigenvalue weighted by Gasteiger charge is 2.06. The van der Waals surface area contributed by atoms with Crippen molar-refractivity contribution in [2.24, 2.45) is 5.10 Å². The fourth-order valence-electron chi connectivity index (χ4n) is 1.43. The van der Waals surface area contributed by atoms with E-state index < -0.39 is 23.0 Å². The molecule has 0 aliphatic carbocycles. The van der Waals surface area contributed by atoms with Crippen molar-refractivity contribution < 1.29 is 9.90 Å². The largest absolute Gasteiger partial charge is 0.494 e. The van der Waals surface area contributed by atoms with Crippen molar-refractivity contribution in [3.05, 3.63) is 61.3 Å². The summed E-state index contributed by atoms with van der Waals surface area (Å²) >= 11 is 5.69. The average molecular weight is 309 g/mol. The number of H-pyrrole nitrogens is 2. The monoisotopic (exact) mass is 308 g/mol. The molecule has 0 aliphatic heterocycles. The third-order valence-electron chi connectivity index (χ3n) is 2.42. The van der Waals surface area contributed by atoms with E-state index in [9.17, 15) is 19.5 Å². The lowest BCUT2D eigenvalue weighted by Gasteiger charge is -2.00. The zero-order valence-electron chi connectivity index (χ0n) is 10.4. The number of amides is 1. The summed E-state index contributed by atoms with van der Waals surface area (Å²) < 4.78 is 0.